The smallest absolute Gasteiger partial charge is 0.244 e. The lowest BCUT2D eigenvalue weighted by molar-refractivity contribution is 0.178. The predicted molar refractivity (Wildman–Crippen MR) is 83.8 cm³/mol. The number of likely N-dealkylation sites (tertiary alicyclic amines) is 1. The van der Waals surface area contributed by atoms with Gasteiger partial charge in [0, 0.05) is 24.8 Å². The highest BCUT2D eigenvalue weighted by molar-refractivity contribution is 7.89. The average molecular weight is 312 g/mol. The van der Waals surface area contributed by atoms with E-state index in [9.17, 15) is 8.42 Å². The zero-order valence-corrected chi connectivity index (χ0v) is 13.7. The van der Waals surface area contributed by atoms with Gasteiger partial charge in [-0.15, -0.1) is 0 Å². The molecule has 21 heavy (non-hydrogen) atoms. The molecule has 0 aromatic carbocycles. The lowest BCUT2D eigenvalue weighted by atomic mass is 10.0. The zero-order chi connectivity index (χ0) is 15.5. The van der Waals surface area contributed by atoms with Gasteiger partial charge in [-0.25, -0.2) is 18.1 Å². The van der Waals surface area contributed by atoms with E-state index in [2.05, 4.69) is 33.9 Å². The minimum atomic E-state index is -3.55. The Balaban J connectivity index is 2.15. The first-order valence-electron chi connectivity index (χ1n) is 7.35. The van der Waals surface area contributed by atoms with Crippen LogP contribution in [0.4, 0.5) is 5.82 Å². The lowest BCUT2D eigenvalue weighted by Gasteiger charge is -2.35. The van der Waals surface area contributed by atoms with Crippen LogP contribution >= 0.6 is 0 Å². The van der Waals surface area contributed by atoms with Crippen LogP contribution in [0.25, 0.3) is 0 Å². The van der Waals surface area contributed by atoms with Crippen molar-refractivity contribution in [2.24, 2.45) is 0 Å². The van der Waals surface area contributed by atoms with Gasteiger partial charge in [0.05, 0.1) is 0 Å². The monoisotopic (exact) mass is 312 g/mol. The molecular weight excluding hydrogens is 288 g/mol. The van der Waals surface area contributed by atoms with E-state index in [0.29, 0.717) is 18.4 Å². The Morgan fingerprint density at radius 1 is 1.48 bits per heavy atom. The molecule has 2 N–H and O–H groups in total. The maximum Gasteiger partial charge on any atom is 0.244 e. The molecule has 6 nitrogen and oxygen atoms in total. The molecule has 1 saturated heterocycles. The lowest BCUT2D eigenvalue weighted by Crippen LogP contribution is -2.47. The summed E-state index contributed by atoms with van der Waals surface area (Å²) in [6.45, 7) is 5.57. The van der Waals surface area contributed by atoms with E-state index in [1.807, 2.05) is 6.92 Å². The van der Waals surface area contributed by atoms with Crippen molar-refractivity contribution in [1.82, 2.24) is 14.6 Å². The van der Waals surface area contributed by atoms with Crippen LogP contribution in [0.5, 0.6) is 0 Å². The molecule has 2 unspecified atom stereocenters. The summed E-state index contributed by atoms with van der Waals surface area (Å²) in [7, 11) is -1.48. The molecule has 0 spiro atoms. The summed E-state index contributed by atoms with van der Waals surface area (Å²) in [6, 6.07) is 3.60. The van der Waals surface area contributed by atoms with Crippen LogP contribution in [0.15, 0.2) is 23.2 Å². The van der Waals surface area contributed by atoms with Gasteiger partial charge in [0.25, 0.3) is 0 Å². The molecule has 2 heterocycles. The number of piperidine rings is 1. The van der Waals surface area contributed by atoms with E-state index < -0.39 is 10.0 Å². The fourth-order valence-electron chi connectivity index (χ4n) is 2.59. The van der Waals surface area contributed by atoms with Crippen LogP contribution in [0, 0.1) is 0 Å². The molecule has 1 aliphatic rings. The van der Waals surface area contributed by atoms with Crippen molar-refractivity contribution >= 4 is 15.8 Å². The zero-order valence-electron chi connectivity index (χ0n) is 12.8. The van der Waals surface area contributed by atoms with Crippen molar-refractivity contribution in [2.75, 3.05) is 25.5 Å². The summed E-state index contributed by atoms with van der Waals surface area (Å²) in [5, 5.41) is 3.00. The quantitative estimate of drug-likeness (QED) is 0.856. The Labute approximate surface area is 127 Å². The predicted octanol–water partition coefficient (Wildman–Crippen LogP) is 1.27. The number of hydrogen-bond donors (Lipinski definition) is 2. The Morgan fingerprint density at radius 3 is 2.90 bits per heavy atom. The molecule has 0 bridgehead atoms. The Hall–Kier alpha value is -1.18. The summed E-state index contributed by atoms with van der Waals surface area (Å²) in [4.78, 5) is 6.59. The largest absolute Gasteiger partial charge is 0.369 e. The van der Waals surface area contributed by atoms with E-state index in [1.54, 1.807) is 18.3 Å². The first-order valence-corrected chi connectivity index (χ1v) is 8.83. The van der Waals surface area contributed by atoms with Crippen molar-refractivity contribution in [3.8, 4) is 0 Å². The molecule has 0 saturated carbocycles. The van der Waals surface area contributed by atoms with Gasteiger partial charge in [-0.05, 0) is 52.4 Å². The second kappa shape index (κ2) is 6.72. The molecule has 2 rings (SSSR count). The van der Waals surface area contributed by atoms with Crippen LogP contribution in [-0.4, -0.2) is 50.5 Å². The average Bonchev–Trinajstić information content (AvgIpc) is 2.43. The fraction of sp³-hybridized carbons (Fsp3) is 0.643. The van der Waals surface area contributed by atoms with E-state index in [1.165, 1.54) is 0 Å². The first-order chi connectivity index (χ1) is 9.94. The third-order valence-electron chi connectivity index (χ3n) is 3.93. The van der Waals surface area contributed by atoms with Gasteiger partial charge in [0.1, 0.15) is 10.7 Å². The van der Waals surface area contributed by atoms with Gasteiger partial charge in [0.2, 0.25) is 10.0 Å². The standard InChI is InChI=1S/C14H24N4O2S/c1-4-15-14-13(6-5-8-16-14)21(19,20)17-12-7-9-18(3)11(2)10-12/h5-6,8,11-12,17H,4,7,9-10H2,1-3H3,(H,15,16). The van der Waals surface area contributed by atoms with Crippen molar-refractivity contribution in [1.29, 1.82) is 0 Å². The molecule has 7 heteroatoms. The van der Waals surface area contributed by atoms with E-state index in [4.69, 9.17) is 0 Å². The van der Waals surface area contributed by atoms with Crippen LogP contribution in [0.3, 0.4) is 0 Å². The number of nitrogens with zero attached hydrogens (tertiary/aromatic N) is 2. The minimum Gasteiger partial charge on any atom is -0.369 e. The second-order valence-corrected chi connectivity index (χ2v) is 7.24. The Kier molecular flexibility index (Phi) is 5.18. The topological polar surface area (TPSA) is 74.3 Å². The molecular formula is C14H24N4O2S. The van der Waals surface area contributed by atoms with Crippen LogP contribution in [0.2, 0.25) is 0 Å². The van der Waals surface area contributed by atoms with Gasteiger partial charge in [-0.3, -0.25) is 0 Å². The van der Waals surface area contributed by atoms with E-state index in [-0.39, 0.29) is 10.9 Å². The van der Waals surface area contributed by atoms with Crippen LogP contribution in [-0.2, 0) is 10.0 Å². The summed E-state index contributed by atoms with van der Waals surface area (Å²) >= 11 is 0. The normalized spacial score (nSPS) is 24.0. The molecule has 0 aliphatic carbocycles. The Bertz CT molecular complexity index is 576. The molecule has 1 aromatic heterocycles. The van der Waals surface area contributed by atoms with Gasteiger partial charge in [0.15, 0.2) is 0 Å². The molecule has 2 atom stereocenters. The third-order valence-corrected chi connectivity index (χ3v) is 5.49. The number of aromatic nitrogens is 1. The van der Waals surface area contributed by atoms with Crippen molar-refractivity contribution < 1.29 is 8.42 Å². The van der Waals surface area contributed by atoms with Crippen LogP contribution < -0.4 is 10.0 Å². The summed E-state index contributed by atoms with van der Waals surface area (Å²) < 4.78 is 28.0. The highest BCUT2D eigenvalue weighted by atomic mass is 32.2. The maximum absolute atomic E-state index is 12.6. The number of hydrogen-bond acceptors (Lipinski definition) is 5. The van der Waals surface area contributed by atoms with Gasteiger partial charge in [-0.1, -0.05) is 0 Å². The molecule has 1 fully saturated rings. The number of anilines is 1. The molecule has 1 aliphatic heterocycles. The third kappa shape index (κ3) is 3.93. The number of nitrogens with one attached hydrogen (secondary N) is 2. The SMILES string of the molecule is CCNc1ncccc1S(=O)(=O)NC1CCN(C)C(C)C1. The highest BCUT2D eigenvalue weighted by Gasteiger charge is 2.28. The molecule has 1 aromatic rings. The first kappa shape index (κ1) is 16.2. The van der Waals surface area contributed by atoms with Crippen LogP contribution in [0.1, 0.15) is 26.7 Å². The molecule has 0 amide bonds. The molecule has 0 radical (unpaired) electrons. The highest BCUT2D eigenvalue weighted by Crippen LogP contribution is 2.21. The Morgan fingerprint density at radius 2 is 2.24 bits per heavy atom. The van der Waals surface area contributed by atoms with Crippen molar-refractivity contribution in [2.45, 2.75) is 43.7 Å². The van der Waals surface area contributed by atoms with E-state index >= 15 is 0 Å². The van der Waals surface area contributed by atoms with Crippen molar-refractivity contribution in [3.63, 3.8) is 0 Å². The fourth-order valence-corrected chi connectivity index (χ4v) is 4.00. The van der Waals surface area contributed by atoms with Crippen molar-refractivity contribution in [3.05, 3.63) is 18.3 Å². The number of rotatable bonds is 5. The van der Waals surface area contributed by atoms with Gasteiger partial charge in [-0.2, -0.15) is 0 Å². The number of pyridine rings is 1. The van der Waals surface area contributed by atoms with Gasteiger partial charge < -0.3 is 10.2 Å². The maximum atomic E-state index is 12.6. The summed E-state index contributed by atoms with van der Waals surface area (Å²) in [5.74, 6) is 0.411. The minimum absolute atomic E-state index is 0.0177. The second-order valence-electron chi connectivity index (χ2n) is 5.55. The molecule has 118 valence electrons. The van der Waals surface area contributed by atoms with Gasteiger partial charge >= 0.3 is 0 Å². The summed E-state index contributed by atoms with van der Waals surface area (Å²) in [5.41, 5.74) is 0. The number of sulfonamides is 1. The van der Waals surface area contributed by atoms with E-state index in [0.717, 1.165) is 19.4 Å². The summed E-state index contributed by atoms with van der Waals surface area (Å²) in [6.07, 6.45) is 3.25.